The van der Waals surface area contributed by atoms with Crippen LogP contribution >= 0.6 is 0 Å². The molecule has 154 valence electrons. The summed E-state index contributed by atoms with van der Waals surface area (Å²) in [5.74, 6) is 2.15. The van der Waals surface area contributed by atoms with Gasteiger partial charge in [0.2, 0.25) is 0 Å². The maximum Gasteiger partial charge on any atom is 0.175 e. The van der Waals surface area contributed by atoms with Crippen LogP contribution in [-0.2, 0) is 6.61 Å². The second-order valence-electron chi connectivity index (χ2n) is 6.87. The Kier molecular flexibility index (Phi) is 5.85. The molecule has 4 aromatic rings. The summed E-state index contributed by atoms with van der Waals surface area (Å²) < 4.78 is 13.1. The fourth-order valence-corrected chi connectivity index (χ4v) is 3.27. The lowest BCUT2D eigenvalue weighted by Crippen LogP contribution is -2.10. The molecule has 30 heavy (non-hydrogen) atoms. The Balaban J connectivity index is 1.55. The topological polar surface area (TPSA) is 90.6 Å². The van der Waals surface area contributed by atoms with Crippen LogP contribution in [0.1, 0.15) is 29.0 Å². The molecule has 0 saturated heterocycles. The second-order valence-corrected chi connectivity index (χ2v) is 6.87. The molecule has 1 aromatic carbocycles. The van der Waals surface area contributed by atoms with Crippen molar-refractivity contribution in [3.05, 3.63) is 60.2 Å². The zero-order valence-corrected chi connectivity index (χ0v) is 17.0. The molecule has 0 bridgehead atoms. The van der Waals surface area contributed by atoms with Gasteiger partial charge in [0.15, 0.2) is 17.3 Å². The number of ketones is 1. The number of ether oxygens (including phenoxy) is 2. The number of pyridine rings is 2. The number of Topliss-reactive ketones (excluding diaryl/α,β-unsaturated/α-hetero) is 1. The summed E-state index contributed by atoms with van der Waals surface area (Å²) in [6.07, 6.45) is 4.77. The van der Waals surface area contributed by atoms with Gasteiger partial charge in [-0.25, -0.2) is 0 Å². The Labute approximate surface area is 173 Å². The summed E-state index contributed by atoms with van der Waals surface area (Å²) in [5, 5.41) is 12.3. The van der Waals surface area contributed by atoms with Crippen molar-refractivity contribution in [1.29, 1.82) is 0 Å². The lowest BCUT2D eigenvalue weighted by molar-refractivity contribution is 0.0979. The molecule has 0 aliphatic rings. The van der Waals surface area contributed by atoms with E-state index >= 15 is 0 Å². The van der Waals surface area contributed by atoms with E-state index < -0.39 is 0 Å². The van der Waals surface area contributed by atoms with Crippen LogP contribution in [-0.4, -0.2) is 46.1 Å². The first-order valence-corrected chi connectivity index (χ1v) is 9.76. The number of nitrogens with zero attached hydrogens (tertiary/aromatic N) is 4. The highest BCUT2D eigenvalue weighted by Gasteiger charge is 2.12. The molecule has 0 saturated carbocycles. The molecule has 0 atom stereocenters. The fraction of sp³-hybridized carbons (Fsp3) is 0.273. The van der Waals surface area contributed by atoms with Gasteiger partial charge >= 0.3 is 0 Å². The fourth-order valence-electron chi connectivity index (χ4n) is 3.27. The molecular formula is C22H23N5O3. The largest absolute Gasteiger partial charge is 0.497 e. The normalized spacial score (nSPS) is 11.1. The quantitative estimate of drug-likeness (QED) is 0.338. The van der Waals surface area contributed by atoms with Crippen molar-refractivity contribution in [2.75, 3.05) is 20.7 Å². The second kappa shape index (κ2) is 8.87. The summed E-state index contributed by atoms with van der Waals surface area (Å²) in [6, 6.07) is 11.1. The Bertz CT molecular complexity index is 1190. The van der Waals surface area contributed by atoms with Gasteiger partial charge in [-0.2, -0.15) is 0 Å². The van der Waals surface area contributed by atoms with Crippen molar-refractivity contribution < 1.29 is 14.3 Å². The highest BCUT2D eigenvalue weighted by molar-refractivity contribution is 5.96. The van der Waals surface area contributed by atoms with Gasteiger partial charge in [0.05, 0.1) is 12.6 Å². The van der Waals surface area contributed by atoms with Gasteiger partial charge in [-0.15, -0.1) is 10.2 Å². The van der Waals surface area contributed by atoms with Gasteiger partial charge in [-0.3, -0.25) is 14.2 Å². The molecule has 8 heteroatoms. The Hall–Kier alpha value is -3.52. The summed E-state index contributed by atoms with van der Waals surface area (Å²) >= 11 is 0. The van der Waals surface area contributed by atoms with E-state index in [9.17, 15) is 4.79 Å². The number of hydrogen-bond donors (Lipinski definition) is 1. The first-order chi connectivity index (χ1) is 14.7. The molecule has 0 radical (unpaired) electrons. The van der Waals surface area contributed by atoms with Crippen molar-refractivity contribution >= 4 is 22.3 Å². The highest BCUT2D eigenvalue weighted by Crippen LogP contribution is 2.27. The number of carbonyl (C=O) groups excluding carboxylic acids is 1. The third-order valence-corrected chi connectivity index (χ3v) is 4.89. The van der Waals surface area contributed by atoms with Crippen LogP contribution in [0.4, 0.5) is 0 Å². The van der Waals surface area contributed by atoms with Crippen LogP contribution in [0.3, 0.4) is 0 Å². The van der Waals surface area contributed by atoms with Crippen LogP contribution < -0.4 is 14.8 Å². The summed E-state index contributed by atoms with van der Waals surface area (Å²) in [6.45, 7) is 1.02. The minimum absolute atomic E-state index is 0.0989. The van der Waals surface area contributed by atoms with E-state index in [1.54, 1.807) is 36.0 Å². The molecule has 8 nitrogen and oxygen atoms in total. The van der Waals surface area contributed by atoms with Crippen molar-refractivity contribution in [3.63, 3.8) is 0 Å². The number of rotatable bonds is 9. The average Bonchev–Trinajstić information content (AvgIpc) is 3.19. The number of methoxy groups -OCH3 is 1. The lowest BCUT2D eigenvalue weighted by atomic mass is 10.1. The molecule has 1 N–H and O–H groups in total. The van der Waals surface area contributed by atoms with E-state index in [0.717, 1.165) is 29.6 Å². The number of nitrogens with one attached hydrogen (secondary N) is 1. The number of fused-ring (bicyclic) bond motifs is 2. The van der Waals surface area contributed by atoms with Crippen LogP contribution in [0, 0.1) is 0 Å². The summed E-state index contributed by atoms with van der Waals surface area (Å²) in [7, 11) is 3.50. The van der Waals surface area contributed by atoms with Crippen molar-refractivity contribution in [3.8, 4) is 11.5 Å². The lowest BCUT2D eigenvalue weighted by Gasteiger charge is -2.09. The predicted octanol–water partition coefficient (Wildman–Crippen LogP) is 3.05. The minimum atomic E-state index is 0.0989. The van der Waals surface area contributed by atoms with E-state index in [-0.39, 0.29) is 12.4 Å². The highest BCUT2D eigenvalue weighted by atomic mass is 16.5. The molecule has 0 unspecified atom stereocenters. The molecule has 0 spiro atoms. The van der Waals surface area contributed by atoms with Crippen LogP contribution in [0.5, 0.6) is 11.5 Å². The van der Waals surface area contributed by atoms with Crippen LogP contribution in [0.15, 0.2) is 48.8 Å². The third-order valence-electron chi connectivity index (χ3n) is 4.89. The van der Waals surface area contributed by atoms with Gasteiger partial charge < -0.3 is 14.8 Å². The van der Waals surface area contributed by atoms with Crippen molar-refractivity contribution in [2.24, 2.45) is 0 Å². The average molecular weight is 405 g/mol. The van der Waals surface area contributed by atoms with Crippen molar-refractivity contribution in [2.45, 2.75) is 19.4 Å². The Morgan fingerprint density at radius 2 is 2.07 bits per heavy atom. The molecule has 3 heterocycles. The minimum Gasteiger partial charge on any atom is -0.497 e. The third kappa shape index (κ3) is 4.08. The first-order valence-electron chi connectivity index (χ1n) is 9.76. The Morgan fingerprint density at radius 1 is 1.17 bits per heavy atom. The zero-order chi connectivity index (χ0) is 20.9. The Morgan fingerprint density at radius 3 is 2.90 bits per heavy atom. The molecule has 3 aromatic heterocycles. The van der Waals surface area contributed by atoms with E-state index in [1.165, 1.54) is 0 Å². The molecule has 0 aliphatic carbocycles. The van der Waals surface area contributed by atoms with Gasteiger partial charge in [0.1, 0.15) is 18.1 Å². The van der Waals surface area contributed by atoms with E-state index in [1.807, 2.05) is 31.3 Å². The monoisotopic (exact) mass is 405 g/mol. The SMILES string of the molecule is CNCCCC(=O)c1ccc2nnc(COc3ccnc4cc(OC)ccc34)n2c1. The van der Waals surface area contributed by atoms with Crippen molar-refractivity contribution in [1.82, 2.24) is 24.9 Å². The summed E-state index contributed by atoms with van der Waals surface area (Å²) in [4.78, 5) is 16.8. The molecule has 4 rings (SSSR count). The van der Waals surface area contributed by atoms with Crippen LogP contribution in [0.25, 0.3) is 16.6 Å². The standard InChI is InChI=1S/C22H23N5O3/c1-23-10-3-4-19(28)15-5-8-21-25-26-22(27(21)13-15)14-30-20-9-11-24-18-12-16(29-2)6-7-17(18)20/h5-9,11-13,23H,3-4,10,14H2,1-2H3. The smallest absolute Gasteiger partial charge is 0.175 e. The van der Waals surface area contributed by atoms with Gasteiger partial charge in [0, 0.05) is 35.8 Å². The van der Waals surface area contributed by atoms with Gasteiger partial charge in [0.25, 0.3) is 0 Å². The molecule has 0 amide bonds. The van der Waals surface area contributed by atoms with E-state index in [4.69, 9.17) is 9.47 Å². The summed E-state index contributed by atoms with van der Waals surface area (Å²) in [5.41, 5.74) is 2.10. The van der Waals surface area contributed by atoms with E-state index in [2.05, 4.69) is 20.5 Å². The zero-order valence-electron chi connectivity index (χ0n) is 17.0. The van der Waals surface area contributed by atoms with Crippen LogP contribution in [0.2, 0.25) is 0 Å². The maximum absolute atomic E-state index is 12.4. The molecule has 0 aliphatic heterocycles. The van der Waals surface area contributed by atoms with E-state index in [0.29, 0.717) is 29.2 Å². The van der Waals surface area contributed by atoms with Gasteiger partial charge in [-0.05, 0) is 50.3 Å². The maximum atomic E-state index is 12.4. The molecule has 0 fully saturated rings. The molecular weight excluding hydrogens is 382 g/mol. The number of carbonyl (C=O) groups is 1. The first kappa shape index (κ1) is 19.8. The number of aromatic nitrogens is 4. The number of hydrogen-bond acceptors (Lipinski definition) is 7. The predicted molar refractivity (Wildman–Crippen MR) is 113 cm³/mol. The number of benzene rings is 1. The van der Waals surface area contributed by atoms with Gasteiger partial charge in [-0.1, -0.05) is 0 Å².